The summed E-state index contributed by atoms with van der Waals surface area (Å²) in [7, 11) is 0. The molecule has 4 N–H and O–H groups in total. The minimum absolute atomic E-state index is 0. The molecule has 0 saturated heterocycles. The van der Waals surface area contributed by atoms with Crippen molar-refractivity contribution in [1.29, 1.82) is 0 Å². The zero-order valence-corrected chi connectivity index (χ0v) is 8.70. The average Bonchev–Trinajstić information content (AvgIpc) is 2.20. The fourth-order valence-corrected chi connectivity index (χ4v) is 1.67. The minimum atomic E-state index is 0. The van der Waals surface area contributed by atoms with Crippen LogP contribution in [0.4, 0.5) is 11.4 Å². The number of anilines is 2. The molecule has 84 valence electrons. The van der Waals surface area contributed by atoms with Gasteiger partial charge in [-0.05, 0) is 47.9 Å². The molecule has 0 saturated carbocycles. The average molecular weight is 214 g/mol. The maximum atomic E-state index is 5.71. The molecule has 2 aromatic rings. The predicted molar refractivity (Wildman–Crippen MR) is 72.2 cm³/mol. The van der Waals surface area contributed by atoms with Crippen LogP contribution in [0.2, 0.25) is 0 Å². The van der Waals surface area contributed by atoms with Crippen molar-refractivity contribution in [3.63, 3.8) is 0 Å². The van der Waals surface area contributed by atoms with E-state index in [-0.39, 0.29) is 7.43 Å². The molecule has 2 rings (SSSR count). The summed E-state index contributed by atoms with van der Waals surface area (Å²) in [5.41, 5.74) is 16.5. The van der Waals surface area contributed by atoms with E-state index in [1.165, 1.54) is 16.7 Å². The lowest BCUT2D eigenvalue weighted by Gasteiger charge is -2.07. The van der Waals surface area contributed by atoms with Crippen LogP contribution in [0, 0.1) is 6.92 Å². The van der Waals surface area contributed by atoms with Gasteiger partial charge in [-0.2, -0.15) is 0 Å². The number of aryl methyl sites for hydroxylation is 1. The molecule has 0 aliphatic heterocycles. The lowest BCUT2D eigenvalue weighted by molar-refractivity contribution is 1.46. The first-order valence-electron chi connectivity index (χ1n) is 4.89. The summed E-state index contributed by atoms with van der Waals surface area (Å²) in [6.45, 7) is 2.06. The predicted octanol–water partition coefficient (Wildman–Crippen LogP) is 3.46. The van der Waals surface area contributed by atoms with Gasteiger partial charge in [0.05, 0.1) is 0 Å². The molecule has 0 fully saturated rings. The molecule has 0 radical (unpaired) electrons. The van der Waals surface area contributed by atoms with Crippen LogP contribution < -0.4 is 11.5 Å². The van der Waals surface area contributed by atoms with Gasteiger partial charge < -0.3 is 11.5 Å². The fourth-order valence-electron chi connectivity index (χ4n) is 1.67. The van der Waals surface area contributed by atoms with Crippen LogP contribution in [0.25, 0.3) is 11.1 Å². The largest absolute Gasteiger partial charge is 0.399 e. The molecule has 0 aliphatic rings. The molecule has 0 spiro atoms. The quantitative estimate of drug-likeness (QED) is 0.714. The highest BCUT2D eigenvalue weighted by atomic mass is 14.5. The Balaban J connectivity index is 0.00000128. The first kappa shape index (κ1) is 12.1. The summed E-state index contributed by atoms with van der Waals surface area (Å²) in [6, 6.07) is 13.8. The van der Waals surface area contributed by atoms with Crippen LogP contribution in [0.5, 0.6) is 0 Å². The standard InChI is InChI=1S/C13H14N2.CH4/c1-9-8-12(15)6-7-13(9)10-2-4-11(14)5-3-10;/h2-8H,14-15H2,1H3;1H4. The van der Waals surface area contributed by atoms with Crippen LogP contribution in [0.3, 0.4) is 0 Å². The normalized spacial score (nSPS) is 9.56. The Morgan fingerprint density at radius 3 is 1.94 bits per heavy atom. The third-order valence-corrected chi connectivity index (χ3v) is 2.47. The van der Waals surface area contributed by atoms with Gasteiger partial charge in [0.15, 0.2) is 0 Å². The minimum Gasteiger partial charge on any atom is -0.399 e. The maximum absolute atomic E-state index is 5.71. The molecular weight excluding hydrogens is 196 g/mol. The van der Waals surface area contributed by atoms with E-state index in [2.05, 4.69) is 6.92 Å². The molecule has 0 atom stereocenters. The summed E-state index contributed by atoms with van der Waals surface area (Å²) >= 11 is 0. The Morgan fingerprint density at radius 2 is 1.38 bits per heavy atom. The SMILES string of the molecule is C.Cc1cc(N)ccc1-c1ccc(N)cc1. The van der Waals surface area contributed by atoms with Crippen molar-refractivity contribution in [2.24, 2.45) is 0 Å². The zero-order chi connectivity index (χ0) is 10.8. The third kappa shape index (κ3) is 2.34. The van der Waals surface area contributed by atoms with E-state index in [1.807, 2.05) is 42.5 Å². The summed E-state index contributed by atoms with van der Waals surface area (Å²) in [4.78, 5) is 0. The van der Waals surface area contributed by atoms with Crippen LogP contribution in [0.1, 0.15) is 13.0 Å². The highest BCUT2D eigenvalue weighted by molar-refractivity contribution is 5.70. The van der Waals surface area contributed by atoms with Crippen molar-refractivity contribution < 1.29 is 0 Å². The summed E-state index contributed by atoms with van der Waals surface area (Å²) in [5.74, 6) is 0. The summed E-state index contributed by atoms with van der Waals surface area (Å²) in [6.07, 6.45) is 0. The fraction of sp³-hybridized carbons (Fsp3) is 0.143. The number of rotatable bonds is 1. The second kappa shape index (κ2) is 4.71. The Hall–Kier alpha value is -1.96. The first-order valence-corrected chi connectivity index (χ1v) is 4.89. The van der Waals surface area contributed by atoms with E-state index in [9.17, 15) is 0 Å². The van der Waals surface area contributed by atoms with Gasteiger partial charge in [0.25, 0.3) is 0 Å². The lowest BCUT2D eigenvalue weighted by atomic mass is 10.00. The Morgan fingerprint density at radius 1 is 0.812 bits per heavy atom. The van der Waals surface area contributed by atoms with Gasteiger partial charge in [0.1, 0.15) is 0 Å². The van der Waals surface area contributed by atoms with E-state index in [1.54, 1.807) is 0 Å². The van der Waals surface area contributed by atoms with Gasteiger partial charge in [-0.1, -0.05) is 25.6 Å². The number of nitrogen functional groups attached to an aromatic ring is 2. The molecule has 2 heteroatoms. The molecule has 2 aromatic carbocycles. The van der Waals surface area contributed by atoms with Crippen LogP contribution in [0.15, 0.2) is 42.5 Å². The van der Waals surface area contributed by atoms with Crippen LogP contribution in [-0.4, -0.2) is 0 Å². The molecule has 0 heterocycles. The zero-order valence-electron chi connectivity index (χ0n) is 8.70. The Kier molecular flexibility index (Phi) is 3.56. The molecule has 0 unspecified atom stereocenters. The van der Waals surface area contributed by atoms with Crippen LogP contribution >= 0.6 is 0 Å². The monoisotopic (exact) mass is 214 g/mol. The highest BCUT2D eigenvalue weighted by Crippen LogP contribution is 2.25. The van der Waals surface area contributed by atoms with Crippen molar-refractivity contribution >= 4 is 11.4 Å². The van der Waals surface area contributed by atoms with Crippen molar-refractivity contribution in [2.45, 2.75) is 14.4 Å². The molecule has 0 bridgehead atoms. The second-order valence-corrected chi connectivity index (χ2v) is 3.70. The molecule has 0 aromatic heterocycles. The maximum Gasteiger partial charge on any atom is 0.0317 e. The summed E-state index contributed by atoms with van der Waals surface area (Å²) in [5, 5.41) is 0. The molecule has 0 amide bonds. The van der Waals surface area contributed by atoms with E-state index in [0.29, 0.717) is 0 Å². The van der Waals surface area contributed by atoms with Gasteiger partial charge in [-0.25, -0.2) is 0 Å². The molecule has 0 aliphatic carbocycles. The Labute approximate surface area is 96.9 Å². The number of hydrogen-bond donors (Lipinski definition) is 2. The van der Waals surface area contributed by atoms with Crippen molar-refractivity contribution in [2.75, 3.05) is 11.5 Å². The molecule has 16 heavy (non-hydrogen) atoms. The second-order valence-electron chi connectivity index (χ2n) is 3.70. The number of hydrogen-bond acceptors (Lipinski definition) is 2. The summed E-state index contributed by atoms with van der Waals surface area (Å²) < 4.78 is 0. The number of benzene rings is 2. The lowest BCUT2D eigenvalue weighted by Crippen LogP contribution is -1.89. The van der Waals surface area contributed by atoms with Crippen molar-refractivity contribution in [3.8, 4) is 11.1 Å². The van der Waals surface area contributed by atoms with E-state index < -0.39 is 0 Å². The van der Waals surface area contributed by atoms with E-state index in [4.69, 9.17) is 11.5 Å². The topological polar surface area (TPSA) is 52.0 Å². The van der Waals surface area contributed by atoms with Gasteiger partial charge in [0, 0.05) is 11.4 Å². The third-order valence-electron chi connectivity index (χ3n) is 2.47. The van der Waals surface area contributed by atoms with E-state index >= 15 is 0 Å². The molecule has 2 nitrogen and oxygen atoms in total. The van der Waals surface area contributed by atoms with Gasteiger partial charge in [-0.15, -0.1) is 0 Å². The smallest absolute Gasteiger partial charge is 0.0317 e. The van der Waals surface area contributed by atoms with Gasteiger partial charge in [0.2, 0.25) is 0 Å². The van der Waals surface area contributed by atoms with Gasteiger partial charge in [-0.3, -0.25) is 0 Å². The number of nitrogens with two attached hydrogens (primary N) is 2. The van der Waals surface area contributed by atoms with Crippen molar-refractivity contribution in [1.82, 2.24) is 0 Å². The van der Waals surface area contributed by atoms with Crippen LogP contribution in [-0.2, 0) is 0 Å². The van der Waals surface area contributed by atoms with Crippen molar-refractivity contribution in [3.05, 3.63) is 48.0 Å². The molecular formula is C14H18N2. The highest BCUT2D eigenvalue weighted by Gasteiger charge is 2.01. The van der Waals surface area contributed by atoms with Gasteiger partial charge >= 0.3 is 0 Å². The Bertz CT molecular complexity index is 473. The van der Waals surface area contributed by atoms with E-state index in [0.717, 1.165) is 11.4 Å². The first-order chi connectivity index (χ1) is 7.16.